The lowest BCUT2D eigenvalue weighted by Crippen LogP contribution is -2.33. The fraction of sp³-hybridized carbons (Fsp3) is 0.118. The standard InChI is InChI=1S/C17H10ClNO9/c1-5-6(2)15(24)19(14(5)23)10-4-8(12(21)17(27)28)7(11(20)16(25)26)3-9(10)13(18)22/h3-4H,1-2H3,(H,25,26)(H,27,28). The molecule has 0 atom stereocenters. The lowest BCUT2D eigenvalue weighted by molar-refractivity contribution is -0.132. The summed E-state index contributed by atoms with van der Waals surface area (Å²) >= 11 is 5.44. The number of benzene rings is 1. The number of hydrogen-bond donors (Lipinski definition) is 2. The van der Waals surface area contributed by atoms with Gasteiger partial charge in [0.25, 0.3) is 28.6 Å². The SMILES string of the molecule is CC1=C(C)C(=O)N(c2cc(C(=O)C(=O)O)c(C(=O)C(=O)O)cc2C(=O)Cl)C1=O. The average molecular weight is 408 g/mol. The highest BCUT2D eigenvalue weighted by Gasteiger charge is 2.38. The van der Waals surface area contributed by atoms with E-state index in [0.717, 1.165) is 0 Å². The van der Waals surface area contributed by atoms with Crippen molar-refractivity contribution in [3.8, 4) is 0 Å². The number of rotatable bonds is 6. The van der Waals surface area contributed by atoms with Crippen molar-refractivity contribution in [2.45, 2.75) is 13.8 Å². The highest BCUT2D eigenvalue weighted by molar-refractivity contribution is 6.68. The number of carboxylic acids is 2. The molecule has 144 valence electrons. The normalized spacial score (nSPS) is 13.8. The van der Waals surface area contributed by atoms with Crippen molar-refractivity contribution in [1.29, 1.82) is 0 Å². The van der Waals surface area contributed by atoms with Crippen LogP contribution in [0.4, 0.5) is 5.69 Å². The third kappa shape index (κ3) is 3.21. The number of amides is 2. The number of ketones is 2. The van der Waals surface area contributed by atoms with Crippen LogP contribution in [-0.2, 0) is 19.2 Å². The summed E-state index contributed by atoms with van der Waals surface area (Å²) in [6.07, 6.45) is 0. The number of carbonyl (C=O) groups excluding carboxylic acids is 5. The molecule has 2 amide bonds. The fourth-order valence-corrected chi connectivity index (χ4v) is 2.66. The lowest BCUT2D eigenvalue weighted by atomic mass is 9.95. The molecule has 1 heterocycles. The second-order valence-electron chi connectivity index (χ2n) is 5.65. The minimum atomic E-state index is -2.03. The van der Waals surface area contributed by atoms with Crippen LogP contribution >= 0.6 is 11.6 Å². The first-order valence-corrected chi connectivity index (χ1v) is 7.77. The molecule has 1 aliphatic rings. The number of hydrogen-bond acceptors (Lipinski definition) is 7. The summed E-state index contributed by atoms with van der Waals surface area (Å²) in [5.41, 5.74) is -2.94. The van der Waals surface area contributed by atoms with Gasteiger partial charge in [-0.25, -0.2) is 14.5 Å². The molecule has 1 aromatic carbocycles. The smallest absolute Gasteiger partial charge is 0.377 e. The van der Waals surface area contributed by atoms with E-state index < -0.39 is 62.9 Å². The number of nitrogens with zero attached hydrogens (tertiary/aromatic N) is 1. The molecule has 2 N–H and O–H groups in total. The van der Waals surface area contributed by atoms with Gasteiger partial charge in [0.2, 0.25) is 0 Å². The summed E-state index contributed by atoms with van der Waals surface area (Å²) in [6, 6.07) is 1.19. The Morgan fingerprint density at radius 3 is 1.54 bits per heavy atom. The molecule has 0 saturated carbocycles. The molecule has 2 rings (SSSR count). The van der Waals surface area contributed by atoms with Gasteiger partial charge in [0, 0.05) is 22.3 Å². The minimum Gasteiger partial charge on any atom is -0.475 e. The van der Waals surface area contributed by atoms with E-state index in [-0.39, 0.29) is 11.1 Å². The second kappa shape index (κ2) is 7.16. The molecule has 11 heteroatoms. The Labute approximate surface area is 161 Å². The van der Waals surface area contributed by atoms with Crippen LogP contribution in [0.3, 0.4) is 0 Å². The van der Waals surface area contributed by atoms with Crippen LogP contribution in [0.2, 0.25) is 0 Å². The monoisotopic (exact) mass is 407 g/mol. The molecule has 0 unspecified atom stereocenters. The van der Waals surface area contributed by atoms with Crippen molar-refractivity contribution in [1.82, 2.24) is 0 Å². The van der Waals surface area contributed by atoms with Crippen molar-refractivity contribution in [2.75, 3.05) is 4.90 Å². The van der Waals surface area contributed by atoms with E-state index in [0.29, 0.717) is 17.0 Å². The van der Waals surface area contributed by atoms with Crippen LogP contribution in [0.1, 0.15) is 44.9 Å². The molecule has 0 fully saturated rings. The predicted molar refractivity (Wildman–Crippen MR) is 91.4 cm³/mol. The van der Waals surface area contributed by atoms with Crippen molar-refractivity contribution >= 4 is 57.9 Å². The Morgan fingerprint density at radius 1 is 0.786 bits per heavy atom. The molecule has 0 saturated heterocycles. The summed E-state index contributed by atoms with van der Waals surface area (Å²) in [5, 5.41) is 16.6. The number of imide groups is 1. The molecule has 0 aliphatic carbocycles. The first-order chi connectivity index (χ1) is 12.9. The van der Waals surface area contributed by atoms with Gasteiger partial charge in [-0.1, -0.05) is 0 Å². The molecule has 0 radical (unpaired) electrons. The van der Waals surface area contributed by atoms with Gasteiger partial charge in [0.1, 0.15) is 0 Å². The van der Waals surface area contributed by atoms with Crippen LogP contribution < -0.4 is 4.90 Å². The largest absolute Gasteiger partial charge is 0.475 e. The third-order valence-corrected chi connectivity index (χ3v) is 4.28. The molecule has 0 aromatic heterocycles. The number of anilines is 1. The predicted octanol–water partition coefficient (Wildman–Crippen LogP) is 0.810. The summed E-state index contributed by atoms with van der Waals surface area (Å²) < 4.78 is 0. The third-order valence-electron chi connectivity index (χ3n) is 4.08. The van der Waals surface area contributed by atoms with Crippen molar-refractivity contribution < 1.29 is 43.8 Å². The highest BCUT2D eigenvalue weighted by atomic mass is 35.5. The van der Waals surface area contributed by atoms with E-state index in [9.17, 15) is 33.6 Å². The maximum atomic E-state index is 12.4. The Bertz CT molecular complexity index is 1030. The lowest BCUT2D eigenvalue weighted by Gasteiger charge is -2.19. The van der Waals surface area contributed by atoms with Gasteiger partial charge in [0.15, 0.2) is 0 Å². The Balaban J connectivity index is 2.87. The van der Waals surface area contributed by atoms with Crippen LogP contribution in [0, 0.1) is 0 Å². The molecular formula is C17H10ClNO9. The topological polar surface area (TPSA) is 163 Å². The maximum Gasteiger partial charge on any atom is 0.377 e. The van der Waals surface area contributed by atoms with Crippen molar-refractivity contribution in [3.63, 3.8) is 0 Å². The summed E-state index contributed by atoms with van der Waals surface area (Å²) in [7, 11) is 0. The Morgan fingerprint density at radius 2 is 1.18 bits per heavy atom. The molecule has 28 heavy (non-hydrogen) atoms. The second-order valence-corrected chi connectivity index (χ2v) is 6.00. The van der Waals surface area contributed by atoms with E-state index in [1.807, 2.05) is 0 Å². The maximum absolute atomic E-state index is 12.4. The van der Waals surface area contributed by atoms with Gasteiger partial charge in [-0.15, -0.1) is 0 Å². The summed E-state index contributed by atoms with van der Waals surface area (Å²) in [6.45, 7) is 2.67. The zero-order valence-electron chi connectivity index (χ0n) is 14.2. The number of carbonyl (C=O) groups is 7. The highest BCUT2D eigenvalue weighted by Crippen LogP contribution is 2.33. The van der Waals surface area contributed by atoms with Gasteiger partial charge >= 0.3 is 11.9 Å². The summed E-state index contributed by atoms with van der Waals surface area (Å²) in [4.78, 5) is 83.0. The molecular weight excluding hydrogens is 398 g/mol. The van der Waals surface area contributed by atoms with Gasteiger partial charge in [-0.3, -0.25) is 24.0 Å². The fourth-order valence-electron chi connectivity index (χ4n) is 2.50. The van der Waals surface area contributed by atoms with E-state index in [1.165, 1.54) is 13.8 Å². The summed E-state index contributed by atoms with van der Waals surface area (Å²) in [5.74, 6) is -9.12. The van der Waals surface area contributed by atoms with E-state index in [2.05, 4.69) is 0 Å². The van der Waals surface area contributed by atoms with Crippen molar-refractivity contribution in [2.24, 2.45) is 0 Å². The Hall–Kier alpha value is -3.66. The van der Waals surface area contributed by atoms with Crippen LogP contribution in [0.15, 0.2) is 23.3 Å². The average Bonchev–Trinajstić information content (AvgIpc) is 2.82. The van der Waals surface area contributed by atoms with Crippen LogP contribution in [0.25, 0.3) is 0 Å². The number of Topliss-reactive ketones (excluding diaryl/α,β-unsaturated/α-hetero) is 2. The van der Waals surface area contributed by atoms with Gasteiger partial charge < -0.3 is 10.2 Å². The van der Waals surface area contributed by atoms with E-state index in [1.54, 1.807) is 0 Å². The number of aliphatic carboxylic acids is 2. The quantitative estimate of drug-likeness (QED) is 0.300. The van der Waals surface area contributed by atoms with Gasteiger partial charge in [-0.2, -0.15) is 0 Å². The molecule has 0 spiro atoms. The Kier molecular flexibility index (Phi) is 5.28. The van der Waals surface area contributed by atoms with Gasteiger partial charge in [0.05, 0.1) is 11.3 Å². The van der Waals surface area contributed by atoms with E-state index >= 15 is 0 Å². The van der Waals surface area contributed by atoms with Crippen LogP contribution in [-0.4, -0.2) is 50.8 Å². The van der Waals surface area contributed by atoms with Crippen molar-refractivity contribution in [3.05, 3.63) is 40.0 Å². The van der Waals surface area contributed by atoms with Crippen LogP contribution in [0.5, 0.6) is 0 Å². The van der Waals surface area contributed by atoms with E-state index in [4.69, 9.17) is 21.8 Å². The first kappa shape index (κ1) is 20.6. The molecule has 1 aromatic rings. The zero-order chi connectivity index (χ0) is 21.5. The van der Waals surface area contributed by atoms with Gasteiger partial charge in [-0.05, 0) is 37.6 Å². The number of carboxylic acid groups (broad SMARTS) is 2. The molecule has 10 nitrogen and oxygen atoms in total. The zero-order valence-corrected chi connectivity index (χ0v) is 15.0. The molecule has 1 aliphatic heterocycles. The first-order valence-electron chi connectivity index (χ1n) is 7.39. The minimum absolute atomic E-state index is 0.0368. The number of halogens is 1. The molecule has 0 bridgehead atoms.